The molecule has 0 amide bonds. The zero-order chi connectivity index (χ0) is 14.6. The third kappa shape index (κ3) is 7.31. The van der Waals surface area contributed by atoms with Crippen molar-refractivity contribution in [2.45, 2.75) is 19.1 Å². The molecule has 5 heteroatoms. The summed E-state index contributed by atoms with van der Waals surface area (Å²) in [7, 11) is 1.33. The van der Waals surface area contributed by atoms with Crippen molar-refractivity contribution in [3.63, 3.8) is 0 Å². The van der Waals surface area contributed by atoms with E-state index >= 15 is 0 Å². The number of methoxy groups -OCH3 is 1. The molecule has 0 spiro atoms. The van der Waals surface area contributed by atoms with Gasteiger partial charge in [0.15, 0.2) is 0 Å². The van der Waals surface area contributed by atoms with Crippen molar-refractivity contribution in [3.05, 3.63) is 48.2 Å². The first-order valence-electron chi connectivity index (χ1n) is 6.34. The first-order valence-corrected chi connectivity index (χ1v) is 7.46. The molecule has 0 aliphatic carbocycles. The highest BCUT2D eigenvalue weighted by molar-refractivity contribution is 9.09. The molecular weight excluding hydrogens is 324 g/mol. The Labute approximate surface area is 127 Å². The average molecular weight is 343 g/mol. The van der Waals surface area contributed by atoms with Crippen LogP contribution >= 0.6 is 15.9 Å². The number of halogens is 1. The van der Waals surface area contributed by atoms with E-state index in [2.05, 4.69) is 20.7 Å². The lowest BCUT2D eigenvalue weighted by Crippen LogP contribution is -2.18. The van der Waals surface area contributed by atoms with Gasteiger partial charge in [0.1, 0.15) is 6.10 Å². The summed E-state index contributed by atoms with van der Waals surface area (Å²) in [6.45, 7) is 1.01. The molecule has 4 nitrogen and oxygen atoms in total. The Morgan fingerprint density at radius 2 is 2.10 bits per heavy atom. The molecule has 0 fully saturated rings. The van der Waals surface area contributed by atoms with E-state index in [1.165, 1.54) is 19.4 Å². The Kier molecular flexibility index (Phi) is 8.74. The summed E-state index contributed by atoms with van der Waals surface area (Å²) in [4.78, 5) is 10.9. The molecule has 1 rings (SSSR count). The van der Waals surface area contributed by atoms with Gasteiger partial charge in [0.25, 0.3) is 0 Å². The molecule has 0 unspecified atom stereocenters. The summed E-state index contributed by atoms with van der Waals surface area (Å²) in [5.41, 5.74) is 1.12. The van der Waals surface area contributed by atoms with E-state index in [1.54, 1.807) is 0 Å². The molecule has 0 heterocycles. The van der Waals surface area contributed by atoms with Gasteiger partial charge in [-0.25, -0.2) is 4.79 Å². The van der Waals surface area contributed by atoms with Crippen molar-refractivity contribution in [3.8, 4) is 0 Å². The summed E-state index contributed by atoms with van der Waals surface area (Å²) in [6.07, 6.45) is 3.29. The summed E-state index contributed by atoms with van der Waals surface area (Å²) in [5, 5.41) is 0.804. The number of ether oxygens (including phenoxy) is 3. The van der Waals surface area contributed by atoms with E-state index in [9.17, 15) is 4.79 Å². The minimum atomic E-state index is -0.437. The van der Waals surface area contributed by atoms with Crippen LogP contribution in [0.3, 0.4) is 0 Å². The summed E-state index contributed by atoms with van der Waals surface area (Å²) in [5.74, 6) is -0.437. The highest BCUT2D eigenvalue weighted by Gasteiger charge is 2.08. The summed E-state index contributed by atoms with van der Waals surface area (Å²) >= 11 is 3.37. The van der Waals surface area contributed by atoms with Crippen LogP contribution in [0, 0.1) is 0 Å². The van der Waals surface area contributed by atoms with E-state index in [4.69, 9.17) is 9.47 Å². The number of benzene rings is 1. The Morgan fingerprint density at radius 3 is 2.75 bits per heavy atom. The second kappa shape index (κ2) is 10.5. The van der Waals surface area contributed by atoms with Gasteiger partial charge in [-0.2, -0.15) is 0 Å². The molecule has 110 valence electrons. The zero-order valence-corrected chi connectivity index (χ0v) is 13.0. The molecule has 1 aromatic rings. The van der Waals surface area contributed by atoms with Gasteiger partial charge in [-0.05, 0) is 12.0 Å². The van der Waals surface area contributed by atoms with Crippen LogP contribution in [0.2, 0.25) is 0 Å². The molecule has 0 radical (unpaired) electrons. The highest BCUT2D eigenvalue weighted by atomic mass is 79.9. The quantitative estimate of drug-likeness (QED) is 0.299. The Balaban J connectivity index is 2.31. The predicted octanol–water partition coefficient (Wildman–Crippen LogP) is 3.06. The SMILES string of the molecule is COC(=O)/C=C/O[C@@H](CCBr)COCc1ccccc1. The van der Waals surface area contributed by atoms with Gasteiger partial charge < -0.3 is 14.2 Å². The van der Waals surface area contributed by atoms with Crippen LogP contribution in [0.1, 0.15) is 12.0 Å². The van der Waals surface area contributed by atoms with Crippen LogP contribution in [0.5, 0.6) is 0 Å². The zero-order valence-electron chi connectivity index (χ0n) is 11.5. The maximum Gasteiger partial charge on any atom is 0.333 e. The first kappa shape index (κ1) is 16.7. The van der Waals surface area contributed by atoms with E-state index in [1.807, 2.05) is 30.3 Å². The van der Waals surface area contributed by atoms with Crippen molar-refractivity contribution in [2.24, 2.45) is 0 Å². The third-order valence-electron chi connectivity index (χ3n) is 2.52. The molecule has 0 aromatic heterocycles. The number of hydrogen-bond donors (Lipinski definition) is 0. The summed E-state index contributed by atoms with van der Waals surface area (Å²) in [6, 6.07) is 9.95. The fraction of sp³-hybridized carbons (Fsp3) is 0.400. The molecule has 20 heavy (non-hydrogen) atoms. The van der Waals surface area contributed by atoms with Gasteiger partial charge in [-0.1, -0.05) is 46.3 Å². The Bertz CT molecular complexity index is 406. The highest BCUT2D eigenvalue weighted by Crippen LogP contribution is 2.06. The largest absolute Gasteiger partial charge is 0.495 e. The molecule has 0 N–H and O–H groups in total. The number of hydrogen-bond acceptors (Lipinski definition) is 4. The van der Waals surface area contributed by atoms with Crippen LogP contribution in [-0.4, -0.2) is 31.1 Å². The lowest BCUT2D eigenvalue weighted by atomic mass is 10.2. The van der Waals surface area contributed by atoms with Gasteiger partial charge in [0.05, 0.1) is 32.7 Å². The predicted molar refractivity (Wildman–Crippen MR) is 80.5 cm³/mol. The van der Waals surface area contributed by atoms with E-state index < -0.39 is 5.97 Å². The van der Waals surface area contributed by atoms with Crippen LogP contribution in [0.4, 0.5) is 0 Å². The van der Waals surface area contributed by atoms with Crippen LogP contribution in [-0.2, 0) is 25.6 Å². The van der Waals surface area contributed by atoms with Gasteiger partial charge in [0, 0.05) is 5.33 Å². The van der Waals surface area contributed by atoms with Gasteiger partial charge in [-0.15, -0.1) is 0 Å². The maximum absolute atomic E-state index is 10.9. The number of rotatable bonds is 9. The normalized spacial score (nSPS) is 12.3. The van der Waals surface area contributed by atoms with Gasteiger partial charge >= 0.3 is 5.97 Å². The van der Waals surface area contributed by atoms with Gasteiger partial charge in [0.2, 0.25) is 0 Å². The number of carbonyl (C=O) groups is 1. The van der Waals surface area contributed by atoms with E-state index in [0.717, 1.165) is 17.3 Å². The second-order valence-corrected chi connectivity index (χ2v) is 4.86. The lowest BCUT2D eigenvalue weighted by molar-refractivity contribution is -0.135. The van der Waals surface area contributed by atoms with Gasteiger partial charge in [-0.3, -0.25) is 0 Å². The fourth-order valence-corrected chi connectivity index (χ4v) is 1.98. The summed E-state index contributed by atoms with van der Waals surface area (Å²) < 4.78 is 15.6. The molecule has 1 atom stereocenters. The molecule has 0 saturated heterocycles. The fourth-order valence-electron chi connectivity index (χ4n) is 1.47. The first-order chi connectivity index (χ1) is 9.76. The Hall–Kier alpha value is -1.33. The lowest BCUT2D eigenvalue weighted by Gasteiger charge is -2.15. The van der Waals surface area contributed by atoms with Crippen molar-refractivity contribution in [2.75, 3.05) is 19.0 Å². The molecule has 0 aliphatic rings. The van der Waals surface area contributed by atoms with Crippen molar-refractivity contribution >= 4 is 21.9 Å². The van der Waals surface area contributed by atoms with Crippen molar-refractivity contribution < 1.29 is 19.0 Å². The van der Waals surface area contributed by atoms with Crippen LogP contribution in [0.25, 0.3) is 0 Å². The van der Waals surface area contributed by atoms with Crippen LogP contribution < -0.4 is 0 Å². The molecule has 1 aromatic carbocycles. The molecule has 0 bridgehead atoms. The van der Waals surface area contributed by atoms with E-state index in [-0.39, 0.29) is 6.10 Å². The minimum Gasteiger partial charge on any atom is -0.495 e. The Morgan fingerprint density at radius 1 is 1.35 bits per heavy atom. The van der Waals surface area contributed by atoms with Crippen molar-refractivity contribution in [1.82, 2.24) is 0 Å². The maximum atomic E-state index is 10.9. The minimum absolute atomic E-state index is 0.0982. The number of alkyl halides is 1. The third-order valence-corrected chi connectivity index (χ3v) is 2.98. The monoisotopic (exact) mass is 342 g/mol. The average Bonchev–Trinajstić information content (AvgIpc) is 2.48. The second-order valence-electron chi connectivity index (χ2n) is 4.06. The molecule has 0 aliphatic heterocycles. The molecule has 0 saturated carbocycles. The van der Waals surface area contributed by atoms with E-state index in [0.29, 0.717) is 13.2 Å². The number of carbonyl (C=O) groups excluding carboxylic acids is 1. The van der Waals surface area contributed by atoms with Crippen molar-refractivity contribution in [1.29, 1.82) is 0 Å². The molecular formula is C15H19BrO4. The topological polar surface area (TPSA) is 44.8 Å². The number of esters is 1. The smallest absolute Gasteiger partial charge is 0.333 e. The van der Waals surface area contributed by atoms with Crippen LogP contribution in [0.15, 0.2) is 42.7 Å². The standard InChI is InChI=1S/C15H19BrO4/c1-18-15(17)8-10-20-14(7-9-16)12-19-11-13-5-3-2-4-6-13/h2-6,8,10,14H,7,9,11-12H2,1H3/b10-8+/t14-/m0/s1.